The van der Waals surface area contributed by atoms with E-state index in [9.17, 15) is 9.90 Å². The Morgan fingerprint density at radius 2 is 1.76 bits per heavy atom. The van der Waals surface area contributed by atoms with Crippen molar-refractivity contribution in [2.24, 2.45) is 0 Å². The summed E-state index contributed by atoms with van der Waals surface area (Å²) in [6, 6.07) is 14.5. The summed E-state index contributed by atoms with van der Waals surface area (Å²) in [7, 11) is 3.09. The predicted molar refractivity (Wildman–Crippen MR) is 146 cm³/mol. The van der Waals surface area contributed by atoms with E-state index < -0.39 is 5.60 Å². The third kappa shape index (κ3) is 5.37. The van der Waals surface area contributed by atoms with Crippen LogP contribution < -0.4 is 14.2 Å². The van der Waals surface area contributed by atoms with Gasteiger partial charge in [-0.1, -0.05) is 18.2 Å². The molecule has 0 saturated carbocycles. The minimum atomic E-state index is -1.36. The molecule has 8 nitrogen and oxygen atoms in total. The Hall–Kier alpha value is -3.88. The second-order valence-corrected chi connectivity index (χ2v) is 9.50. The van der Waals surface area contributed by atoms with Crippen molar-refractivity contribution in [3.05, 3.63) is 71.0 Å². The van der Waals surface area contributed by atoms with Crippen LogP contribution in [0.2, 0.25) is 0 Å². The van der Waals surface area contributed by atoms with Crippen LogP contribution in [0.3, 0.4) is 0 Å². The Morgan fingerprint density at radius 1 is 1.03 bits per heavy atom. The van der Waals surface area contributed by atoms with E-state index in [0.29, 0.717) is 34.2 Å². The van der Waals surface area contributed by atoms with E-state index in [4.69, 9.17) is 24.3 Å². The monoisotopic (exact) mass is 518 g/mol. The van der Waals surface area contributed by atoms with Gasteiger partial charge in [-0.15, -0.1) is 0 Å². The third-order valence-corrected chi connectivity index (χ3v) is 6.77. The number of nitrogens with one attached hydrogen (secondary N) is 1. The largest absolute Gasteiger partial charge is 0.494 e. The highest BCUT2D eigenvalue weighted by molar-refractivity contribution is 5.99. The summed E-state index contributed by atoms with van der Waals surface area (Å²) in [5.41, 5.74) is 4.21. The summed E-state index contributed by atoms with van der Waals surface area (Å²) in [6.07, 6.45) is 0.267. The average Bonchev–Trinajstić information content (AvgIpc) is 3.26. The number of pyridine rings is 1. The number of Topliss-reactive ketones (excluding diaryl/α,β-unsaturated/α-hetero) is 1. The molecule has 0 unspecified atom stereocenters. The van der Waals surface area contributed by atoms with Crippen LogP contribution in [0, 0.1) is 13.8 Å². The molecule has 4 rings (SSSR count). The van der Waals surface area contributed by atoms with E-state index in [1.807, 2.05) is 19.1 Å². The Kier molecular flexibility index (Phi) is 8.04. The van der Waals surface area contributed by atoms with E-state index in [2.05, 4.69) is 18.0 Å². The van der Waals surface area contributed by atoms with Crippen molar-refractivity contribution in [2.75, 3.05) is 27.4 Å². The van der Waals surface area contributed by atoms with Gasteiger partial charge in [0.15, 0.2) is 17.3 Å². The number of ketones is 1. The van der Waals surface area contributed by atoms with Gasteiger partial charge in [0, 0.05) is 34.1 Å². The molecule has 200 valence electrons. The standard InChI is InChI=1S/C30H34N2O6/c1-18-7-6-8-21-27(19(2)31-28(18)21)29-24(36-4)11-12-26(32-29)30(3,35)14-13-22(34)20-9-10-23(38-16-15-33)25(17-20)37-5/h6-12,17,31,33,35H,13-16H2,1-5H3/t30-/m1/s1. The fraction of sp³-hybridized carbons (Fsp3) is 0.333. The average molecular weight is 519 g/mol. The summed E-state index contributed by atoms with van der Waals surface area (Å²) in [5.74, 6) is 1.31. The van der Waals surface area contributed by atoms with Gasteiger partial charge in [-0.05, 0) is 63.1 Å². The highest BCUT2D eigenvalue weighted by Crippen LogP contribution is 2.39. The molecule has 3 N–H and O–H groups in total. The van der Waals surface area contributed by atoms with Gasteiger partial charge < -0.3 is 29.4 Å². The minimum absolute atomic E-state index is 0.0986. The summed E-state index contributed by atoms with van der Waals surface area (Å²) >= 11 is 0. The van der Waals surface area contributed by atoms with E-state index in [0.717, 1.165) is 27.7 Å². The smallest absolute Gasteiger partial charge is 0.163 e. The number of methoxy groups -OCH3 is 2. The van der Waals surface area contributed by atoms with Crippen LogP contribution >= 0.6 is 0 Å². The van der Waals surface area contributed by atoms with Crippen molar-refractivity contribution in [3.8, 4) is 28.5 Å². The summed E-state index contributed by atoms with van der Waals surface area (Å²) in [4.78, 5) is 21.3. The highest BCUT2D eigenvalue weighted by Gasteiger charge is 2.28. The number of ether oxygens (including phenoxy) is 3. The molecule has 0 amide bonds. The number of benzene rings is 2. The molecule has 38 heavy (non-hydrogen) atoms. The molecular formula is C30H34N2O6. The van der Waals surface area contributed by atoms with Crippen LogP contribution in [0.1, 0.15) is 47.1 Å². The van der Waals surface area contributed by atoms with Gasteiger partial charge in [-0.25, -0.2) is 4.98 Å². The lowest BCUT2D eigenvalue weighted by Crippen LogP contribution is -2.24. The SMILES string of the molecule is COc1cc(C(=O)CC[C@@](C)(O)c2ccc(OC)c(-c3c(C)[nH]c4c(C)cccc34)n2)ccc1OCCO. The first-order valence-corrected chi connectivity index (χ1v) is 12.5. The molecule has 0 saturated heterocycles. The molecule has 0 aliphatic rings. The fourth-order valence-corrected chi connectivity index (χ4v) is 4.63. The number of nitrogens with zero attached hydrogens (tertiary/aromatic N) is 1. The van der Waals surface area contributed by atoms with Crippen molar-refractivity contribution in [2.45, 2.75) is 39.2 Å². The van der Waals surface area contributed by atoms with Crippen LogP contribution in [0.5, 0.6) is 17.2 Å². The van der Waals surface area contributed by atoms with E-state index in [1.165, 1.54) is 7.11 Å². The number of aliphatic hydroxyl groups is 2. The molecule has 0 radical (unpaired) electrons. The van der Waals surface area contributed by atoms with Gasteiger partial charge in [-0.3, -0.25) is 4.79 Å². The molecule has 0 bridgehead atoms. The van der Waals surface area contributed by atoms with Gasteiger partial charge in [-0.2, -0.15) is 0 Å². The first-order chi connectivity index (χ1) is 18.2. The van der Waals surface area contributed by atoms with E-state index in [-0.39, 0.29) is 31.8 Å². The number of aromatic amines is 1. The predicted octanol–water partition coefficient (Wildman–Crippen LogP) is 5.11. The zero-order valence-corrected chi connectivity index (χ0v) is 22.4. The van der Waals surface area contributed by atoms with Crippen molar-refractivity contribution in [3.63, 3.8) is 0 Å². The number of hydrogen-bond acceptors (Lipinski definition) is 7. The Morgan fingerprint density at radius 3 is 2.47 bits per heavy atom. The zero-order chi connectivity index (χ0) is 27.4. The number of carbonyl (C=O) groups excluding carboxylic acids is 1. The fourth-order valence-electron chi connectivity index (χ4n) is 4.63. The van der Waals surface area contributed by atoms with Crippen LogP contribution in [-0.2, 0) is 5.60 Å². The maximum absolute atomic E-state index is 13.0. The van der Waals surface area contributed by atoms with Crippen LogP contribution in [-0.4, -0.2) is 53.4 Å². The summed E-state index contributed by atoms with van der Waals surface area (Å²) in [5, 5.41) is 21.4. The first-order valence-electron chi connectivity index (χ1n) is 12.5. The molecule has 1 atom stereocenters. The Labute approximate surface area is 222 Å². The number of rotatable bonds is 11. The normalized spacial score (nSPS) is 12.8. The second kappa shape index (κ2) is 11.2. The molecule has 8 heteroatoms. The molecule has 0 aliphatic heterocycles. The number of aryl methyl sites for hydroxylation is 2. The quantitative estimate of drug-likeness (QED) is 0.237. The Bertz CT molecular complexity index is 1460. The molecule has 0 aliphatic carbocycles. The molecule has 0 spiro atoms. The number of para-hydroxylation sites is 1. The van der Waals surface area contributed by atoms with E-state index in [1.54, 1.807) is 44.4 Å². The van der Waals surface area contributed by atoms with Gasteiger partial charge in [0.25, 0.3) is 0 Å². The molecular weight excluding hydrogens is 484 g/mol. The summed E-state index contributed by atoms with van der Waals surface area (Å²) in [6.45, 7) is 5.71. The van der Waals surface area contributed by atoms with Gasteiger partial charge >= 0.3 is 0 Å². The molecule has 4 aromatic rings. The number of aliphatic hydroxyl groups excluding tert-OH is 1. The van der Waals surface area contributed by atoms with Crippen LogP contribution in [0.4, 0.5) is 0 Å². The lowest BCUT2D eigenvalue weighted by atomic mass is 9.92. The molecule has 2 aromatic carbocycles. The van der Waals surface area contributed by atoms with Gasteiger partial charge in [0.2, 0.25) is 0 Å². The molecule has 0 fully saturated rings. The van der Waals surface area contributed by atoms with Crippen molar-refractivity contribution in [1.82, 2.24) is 9.97 Å². The van der Waals surface area contributed by atoms with Gasteiger partial charge in [0.05, 0.1) is 26.5 Å². The number of hydrogen-bond donors (Lipinski definition) is 3. The molecule has 2 aromatic heterocycles. The second-order valence-electron chi connectivity index (χ2n) is 9.50. The lowest BCUT2D eigenvalue weighted by molar-refractivity contribution is 0.0397. The number of fused-ring (bicyclic) bond motifs is 1. The first kappa shape index (κ1) is 27.2. The molecule has 2 heterocycles. The highest BCUT2D eigenvalue weighted by atomic mass is 16.5. The third-order valence-electron chi connectivity index (χ3n) is 6.77. The van der Waals surface area contributed by atoms with Crippen LogP contribution in [0.25, 0.3) is 22.2 Å². The topological polar surface area (TPSA) is 114 Å². The Balaban J connectivity index is 1.60. The van der Waals surface area contributed by atoms with Gasteiger partial charge in [0.1, 0.15) is 23.7 Å². The van der Waals surface area contributed by atoms with Crippen molar-refractivity contribution < 1.29 is 29.2 Å². The maximum Gasteiger partial charge on any atom is 0.163 e. The number of carbonyl (C=O) groups is 1. The van der Waals surface area contributed by atoms with Crippen LogP contribution in [0.15, 0.2) is 48.5 Å². The minimum Gasteiger partial charge on any atom is -0.494 e. The van der Waals surface area contributed by atoms with E-state index >= 15 is 0 Å². The number of aromatic nitrogens is 2. The summed E-state index contributed by atoms with van der Waals surface area (Å²) < 4.78 is 16.4. The lowest BCUT2D eigenvalue weighted by Gasteiger charge is -2.24. The maximum atomic E-state index is 13.0. The number of H-pyrrole nitrogens is 1. The zero-order valence-electron chi connectivity index (χ0n) is 22.4. The van der Waals surface area contributed by atoms with Crippen molar-refractivity contribution >= 4 is 16.7 Å². The van der Waals surface area contributed by atoms with Crippen molar-refractivity contribution in [1.29, 1.82) is 0 Å².